The minimum absolute atomic E-state index is 0.149. The molecule has 0 aliphatic heterocycles. The summed E-state index contributed by atoms with van der Waals surface area (Å²) in [7, 11) is 0. The molecule has 0 aromatic carbocycles. The maximum absolute atomic E-state index is 10.6. The molecule has 0 N–H and O–H groups in total. The molecule has 0 amide bonds. The van der Waals surface area contributed by atoms with Crippen molar-refractivity contribution in [1.82, 2.24) is 0 Å². The normalized spacial score (nSPS) is 13.9. The predicted molar refractivity (Wildman–Crippen MR) is 57.7 cm³/mol. The van der Waals surface area contributed by atoms with Crippen molar-refractivity contribution >= 4 is 5.78 Å². The Bertz CT molecular complexity index is 168. The second kappa shape index (κ2) is 6.88. The average Bonchev–Trinajstić information content (AvgIpc) is 2.00. The van der Waals surface area contributed by atoms with Crippen LogP contribution in [-0.2, 0) is 4.79 Å². The van der Waals surface area contributed by atoms with Gasteiger partial charge in [0.25, 0.3) is 0 Å². The average molecular weight is 182 g/mol. The van der Waals surface area contributed by atoms with Gasteiger partial charge < -0.3 is 0 Å². The second-order valence-corrected chi connectivity index (χ2v) is 4.33. The van der Waals surface area contributed by atoms with Crippen LogP contribution in [0, 0.1) is 11.8 Å². The first-order chi connectivity index (χ1) is 6.02. The quantitative estimate of drug-likeness (QED) is 0.574. The van der Waals surface area contributed by atoms with Crippen LogP contribution < -0.4 is 0 Å². The fraction of sp³-hybridized carbons (Fsp3) is 0.750. The molecule has 1 atom stereocenters. The van der Waals surface area contributed by atoms with Gasteiger partial charge in [0.05, 0.1) is 0 Å². The van der Waals surface area contributed by atoms with Crippen LogP contribution in [0.5, 0.6) is 0 Å². The van der Waals surface area contributed by atoms with Crippen LogP contribution in [0.2, 0.25) is 0 Å². The molecule has 0 bridgehead atoms. The van der Waals surface area contributed by atoms with Crippen molar-refractivity contribution in [3.63, 3.8) is 0 Å². The van der Waals surface area contributed by atoms with E-state index in [1.807, 2.05) is 6.08 Å². The summed E-state index contributed by atoms with van der Waals surface area (Å²) in [5.74, 6) is 1.65. The van der Waals surface area contributed by atoms with E-state index in [0.29, 0.717) is 5.92 Å². The largest absolute Gasteiger partial charge is 0.295 e. The van der Waals surface area contributed by atoms with Crippen LogP contribution in [0.15, 0.2) is 12.2 Å². The van der Waals surface area contributed by atoms with Gasteiger partial charge in [0, 0.05) is 0 Å². The monoisotopic (exact) mass is 182 g/mol. The van der Waals surface area contributed by atoms with E-state index in [4.69, 9.17) is 0 Å². The number of hydrogen-bond acceptors (Lipinski definition) is 1. The fourth-order valence-corrected chi connectivity index (χ4v) is 1.20. The highest BCUT2D eigenvalue weighted by Crippen LogP contribution is 2.14. The molecule has 0 saturated heterocycles. The minimum atomic E-state index is 0.149. The van der Waals surface area contributed by atoms with Crippen molar-refractivity contribution in [2.75, 3.05) is 0 Å². The van der Waals surface area contributed by atoms with Gasteiger partial charge in [-0.15, -0.1) is 0 Å². The van der Waals surface area contributed by atoms with Crippen LogP contribution >= 0.6 is 0 Å². The van der Waals surface area contributed by atoms with E-state index in [2.05, 4.69) is 20.8 Å². The highest BCUT2D eigenvalue weighted by atomic mass is 16.1. The lowest BCUT2D eigenvalue weighted by atomic mass is 9.96. The van der Waals surface area contributed by atoms with Crippen molar-refractivity contribution in [3.8, 4) is 0 Å². The van der Waals surface area contributed by atoms with Crippen molar-refractivity contribution < 1.29 is 4.79 Å². The van der Waals surface area contributed by atoms with Crippen LogP contribution in [0.25, 0.3) is 0 Å². The zero-order valence-electron chi connectivity index (χ0n) is 9.34. The summed E-state index contributed by atoms with van der Waals surface area (Å²) < 4.78 is 0. The molecule has 0 aromatic rings. The Hall–Kier alpha value is -0.590. The first-order valence-electron chi connectivity index (χ1n) is 5.19. The number of rotatable bonds is 6. The van der Waals surface area contributed by atoms with Crippen molar-refractivity contribution in [1.29, 1.82) is 0 Å². The van der Waals surface area contributed by atoms with Crippen LogP contribution in [0.3, 0.4) is 0 Å². The summed E-state index contributed by atoms with van der Waals surface area (Å²) in [5, 5.41) is 0. The smallest absolute Gasteiger partial charge is 0.152 e. The lowest BCUT2D eigenvalue weighted by Gasteiger charge is -2.09. The summed E-state index contributed by atoms with van der Waals surface area (Å²) in [6, 6.07) is 0. The lowest BCUT2D eigenvalue weighted by Crippen LogP contribution is -1.96. The van der Waals surface area contributed by atoms with Gasteiger partial charge in [-0.2, -0.15) is 0 Å². The zero-order valence-corrected chi connectivity index (χ0v) is 9.34. The van der Waals surface area contributed by atoms with E-state index in [1.165, 1.54) is 12.8 Å². The molecule has 1 unspecified atom stereocenters. The van der Waals surface area contributed by atoms with E-state index < -0.39 is 0 Å². The third kappa shape index (κ3) is 9.32. The molecule has 1 nitrogen and oxygen atoms in total. The number of hydrogen-bond donors (Lipinski definition) is 0. The summed E-state index contributed by atoms with van der Waals surface area (Å²) in [6.45, 7) is 8.33. The molecule has 0 radical (unpaired) electrons. The van der Waals surface area contributed by atoms with Gasteiger partial charge in [-0.1, -0.05) is 39.7 Å². The highest BCUT2D eigenvalue weighted by Gasteiger charge is 2.01. The summed E-state index contributed by atoms with van der Waals surface area (Å²) in [5.41, 5.74) is 0. The molecular formula is C12H22O. The maximum Gasteiger partial charge on any atom is 0.152 e. The molecule has 13 heavy (non-hydrogen) atoms. The molecule has 0 aromatic heterocycles. The third-order valence-electron chi connectivity index (χ3n) is 2.13. The molecule has 0 heterocycles. The molecule has 0 spiro atoms. The Labute approximate surface area is 82.2 Å². The molecule has 0 fully saturated rings. The highest BCUT2D eigenvalue weighted by molar-refractivity contribution is 5.87. The number of carbonyl (C=O) groups is 1. The Kier molecular flexibility index (Phi) is 6.56. The fourth-order valence-electron chi connectivity index (χ4n) is 1.20. The van der Waals surface area contributed by atoms with E-state index in [-0.39, 0.29) is 5.78 Å². The van der Waals surface area contributed by atoms with Gasteiger partial charge in [-0.05, 0) is 31.3 Å². The van der Waals surface area contributed by atoms with Crippen molar-refractivity contribution in [2.24, 2.45) is 11.8 Å². The Morgan fingerprint density at radius 2 is 1.85 bits per heavy atom. The second-order valence-electron chi connectivity index (χ2n) is 4.33. The molecule has 0 saturated carbocycles. The Morgan fingerprint density at radius 1 is 1.23 bits per heavy atom. The van der Waals surface area contributed by atoms with Gasteiger partial charge in [0.2, 0.25) is 0 Å². The van der Waals surface area contributed by atoms with E-state index in [9.17, 15) is 4.79 Å². The van der Waals surface area contributed by atoms with Crippen molar-refractivity contribution in [2.45, 2.75) is 47.0 Å². The van der Waals surface area contributed by atoms with Gasteiger partial charge in [0.15, 0.2) is 5.78 Å². The topological polar surface area (TPSA) is 17.1 Å². The lowest BCUT2D eigenvalue weighted by molar-refractivity contribution is -0.112. The van der Waals surface area contributed by atoms with Crippen LogP contribution in [0.4, 0.5) is 0 Å². The number of ketones is 1. The third-order valence-corrected chi connectivity index (χ3v) is 2.13. The number of allylic oxidation sites excluding steroid dienone is 2. The SMILES string of the molecule is CC(=O)C=CCC(C)CCC(C)C. The number of carbonyl (C=O) groups excluding carboxylic acids is 1. The van der Waals surface area contributed by atoms with E-state index >= 15 is 0 Å². The maximum atomic E-state index is 10.6. The first-order valence-corrected chi connectivity index (χ1v) is 5.19. The summed E-state index contributed by atoms with van der Waals surface area (Å²) in [6.07, 6.45) is 7.25. The van der Waals surface area contributed by atoms with E-state index in [1.54, 1.807) is 13.0 Å². The van der Waals surface area contributed by atoms with Gasteiger partial charge >= 0.3 is 0 Å². The molecule has 0 aliphatic carbocycles. The molecule has 0 aliphatic rings. The van der Waals surface area contributed by atoms with Gasteiger partial charge in [0.1, 0.15) is 0 Å². The van der Waals surface area contributed by atoms with Crippen LogP contribution in [0.1, 0.15) is 47.0 Å². The molecule has 1 heteroatoms. The predicted octanol–water partition coefficient (Wildman–Crippen LogP) is 3.59. The summed E-state index contributed by atoms with van der Waals surface area (Å²) >= 11 is 0. The van der Waals surface area contributed by atoms with E-state index in [0.717, 1.165) is 12.3 Å². The van der Waals surface area contributed by atoms with Crippen molar-refractivity contribution in [3.05, 3.63) is 12.2 Å². The minimum Gasteiger partial charge on any atom is -0.295 e. The Balaban J connectivity index is 3.51. The standard InChI is InChI=1S/C12H22O/c1-10(2)8-9-11(3)6-5-7-12(4)13/h5,7,10-11H,6,8-9H2,1-4H3. The molecular weight excluding hydrogens is 160 g/mol. The molecule has 0 rings (SSSR count). The van der Waals surface area contributed by atoms with Gasteiger partial charge in [-0.3, -0.25) is 4.79 Å². The van der Waals surface area contributed by atoms with Gasteiger partial charge in [-0.25, -0.2) is 0 Å². The Morgan fingerprint density at radius 3 is 2.31 bits per heavy atom. The molecule has 76 valence electrons. The summed E-state index contributed by atoms with van der Waals surface area (Å²) in [4.78, 5) is 10.6. The zero-order chi connectivity index (χ0) is 10.3. The van der Waals surface area contributed by atoms with Crippen LogP contribution in [-0.4, -0.2) is 5.78 Å². The first kappa shape index (κ1) is 12.4.